The highest BCUT2D eigenvalue weighted by Crippen LogP contribution is 2.24. The molecule has 9 nitrogen and oxygen atoms in total. The monoisotopic (exact) mass is 544 g/mol. The smallest absolute Gasteiger partial charge is 0.407 e. The fourth-order valence-electron chi connectivity index (χ4n) is 4.55. The van der Waals surface area contributed by atoms with Crippen molar-refractivity contribution in [1.29, 1.82) is 0 Å². The summed E-state index contributed by atoms with van der Waals surface area (Å²) in [7, 11) is -1.50. The lowest BCUT2D eigenvalue weighted by Gasteiger charge is -2.19. The zero-order chi connectivity index (χ0) is 27.8. The summed E-state index contributed by atoms with van der Waals surface area (Å²) in [6.07, 6.45) is 1.09. The predicted molar refractivity (Wildman–Crippen MR) is 146 cm³/mol. The summed E-state index contributed by atoms with van der Waals surface area (Å²) in [5.74, 6) is -0.406. The van der Waals surface area contributed by atoms with Crippen molar-refractivity contribution in [2.24, 2.45) is 7.05 Å². The summed E-state index contributed by atoms with van der Waals surface area (Å²) in [5, 5.41) is 3.63. The molecule has 0 spiro atoms. The molecule has 0 aliphatic carbocycles. The Labute approximate surface area is 220 Å². The molecule has 0 saturated heterocycles. The maximum Gasteiger partial charge on any atom is 0.407 e. The molecule has 0 unspecified atom stereocenters. The van der Waals surface area contributed by atoms with Gasteiger partial charge in [-0.05, 0) is 69.2 Å². The quantitative estimate of drug-likeness (QED) is 0.362. The topological polar surface area (TPSA) is 104 Å². The lowest BCUT2D eigenvalue weighted by atomic mass is 10.1. The van der Waals surface area contributed by atoms with E-state index in [2.05, 4.69) is 5.32 Å². The Balaban J connectivity index is 1.70. The molecule has 11 heteroatoms. The van der Waals surface area contributed by atoms with Crippen LogP contribution in [0.25, 0.3) is 21.9 Å². The summed E-state index contributed by atoms with van der Waals surface area (Å²) in [4.78, 5) is 25.1. The number of hydrogen-bond acceptors (Lipinski definition) is 5. The molecule has 4 aromatic rings. The maximum absolute atomic E-state index is 14.1. The third kappa shape index (κ3) is 6.27. The van der Waals surface area contributed by atoms with E-state index in [9.17, 15) is 22.4 Å². The van der Waals surface area contributed by atoms with E-state index in [4.69, 9.17) is 4.74 Å². The normalized spacial score (nSPS) is 12.4. The number of halogens is 1. The Bertz CT molecular complexity index is 1680. The SMILES string of the molecule is Cn1c(=O)n(Cc2cc3cc(CNC(=O)OC(C)(C)C)ccc3n2CCCS(C)(=O)=O)c2cc(F)ccc21. The second-order valence-electron chi connectivity index (χ2n) is 10.6. The first kappa shape index (κ1) is 27.4. The van der Waals surface area contributed by atoms with Crippen molar-refractivity contribution in [2.45, 2.75) is 52.4 Å². The van der Waals surface area contributed by atoms with Crippen molar-refractivity contribution in [3.63, 3.8) is 0 Å². The van der Waals surface area contributed by atoms with Gasteiger partial charge in [0.2, 0.25) is 0 Å². The Morgan fingerprint density at radius 1 is 1.03 bits per heavy atom. The van der Waals surface area contributed by atoms with Gasteiger partial charge in [-0.1, -0.05) is 6.07 Å². The second kappa shape index (κ2) is 10.3. The number of ether oxygens (including phenoxy) is 1. The Morgan fingerprint density at radius 3 is 2.42 bits per heavy atom. The van der Waals surface area contributed by atoms with Crippen LogP contribution in [-0.4, -0.2) is 45.8 Å². The number of amides is 1. The lowest BCUT2D eigenvalue weighted by molar-refractivity contribution is 0.0523. The molecule has 4 rings (SSSR count). The van der Waals surface area contributed by atoms with Gasteiger partial charge in [0.05, 0.1) is 23.3 Å². The first-order valence-corrected chi connectivity index (χ1v) is 14.4. The van der Waals surface area contributed by atoms with E-state index >= 15 is 0 Å². The number of alkyl carbamates (subject to hydrolysis) is 1. The summed E-state index contributed by atoms with van der Waals surface area (Å²) in [5.41, 5.74) is 2.72. The molecule has 2 aromatic heterocycles. The van der Waals surface area contributed by atoms with Crippen molar-refractivity contribution in [1.82, 2.24) is 19.0 Å². The molecule has 0 aliphatic heterocycles. The fraction of sp³-hybridized carbons (Fsp3) is 0.407. The van der Waals surface area contributed by atoms with Gasteiger partial charge in [-0.25, -0.2) is 22.4 Å². The van der Waals surface area contributed by atoms with Gasteiger partial charge in [-0.15, -0.1) is 0 Å². The van der Waals surface area contributed by atoms with Gasteiger partial charge in [0, 0.05) is 43.0 Å². The van der Waals surface area contributed by atoms with Gasteiger partial charge in [-0.2, -0.15) is 0 Å². The van der Waals surface area contributed by atoms with Crippen LogP contribution in [-0.2, 0) is 41.3 Å². The minimum atomic E-state index is -3.14. The van der Waals surface area contributed by atoms with Gasteiger partial charge in [0.25, 0.3) is 0 Å². The third-order valence-corrected chi connectivity index (χ3v) is 7.24. The van der Waals surface area contributed by atoms with Crippen molar-refractivity contribution < 1.29 is 22.3 Å². The Hall–Kier alpha value is -3.60. The largest absolute Gasteiger partial charge is 0.444 e. The number of imidazole rings is 1. The minimum Gasteiger partial charge on any atom is -0.444 e. The van der Waals surface area contributed by atoms with E-state index in [0.29, 0.717) is 24.0 Å². The Kier molecular flexibility index (Phi) is 7.42. The fourth-order valence-corrected chi connectivity index (χ4v) is 5.21. The lowest BCUT2D eigenvalue weighted by Crippen LogP contribution is -2.32. The number of fused-ring (bicyclic) bond motifs is 2. The van der Waals surface area contributed by atoms with Crippen LogP contribution in [0.1, 0.15) is 38.4 Å². The Morgan fingerprint density at radius 2 is 1.74 bits per heavy atom. The van der Waals surface area contributed by atoms with Crippen LogP contribution >= 0.6 is 0 Å². The minimum absolute atomic E-state index is 0.0312. The van der Waals surface area contributed by atoms with Crippen molar-refractivity contribution in [2.75, 3.05) is 12.0 Å². The molecule has 1 N–H and O–H groups in total. The number of aromatic nitrogens is 3. The van der Waals surface area contributed by atoms with E-state index in [0.717, 1.165) is 22.2 Å². The second-order valence-corrected chi connectivity index (χ2v) is 12.8. The number of aryl methyl sites for hydroxylation is 2. The average Bonchev–Trinajstić information content (AvgIpc) is 3.25. The van der Waals surface area contributed by atoms with Crippen LogP contribution in [0.2, 0.25) is 0 Å². The number of rotatable bonds is 8. The van der Waals surface area contributed by atoms with Gasteiger partial charge < -0.3 is 14.6 Å². The molecule has 2 heterocycles. The average molecular weight is 545 g/mol. The van der Waals surface area contributed by atoms with Gasteiger partial charge in [-0.3, -0.25) is 9.13 Å². The first-order valence-electron chi connectivity index (χ1n) is 12.3. The van der Waals surface area contributed by atoms with Crippen molar-refractivity contribution in [3.05, 3.63) is 70.0 Å². The molecule has 1 amide bonds. The highest BCUT2D eigenvalue weighted by atomic mass is 32.2. The molecule has 38 heavy (non-hydrogen) atoms. The number of nitrogens with zero attached hydrogens (tertiary/aromatic N) is 3. The molecule has 0 radical (unpaired) electrons. The van der Waals surface area contributed by atoms with E-state index in [1.807, 2.05) is 28.8 Å². The third-order valence-electron chi connectivity index (χ3n) is 6.21. The first-order chi connectivity index (χ1) is 17.7. The summed E-state index contributed by atoms with van der Waals surface area (Å²) < 4.78 is 47.8. The molecular weight excluding hydrogens is 511 g/mol. The van der Waals surface area contributed by atoms with Crippen LogP contribution < -0.4 is 11.0 Å². The van der Waals surface area contributed by atoms with Crippen molar-refractivity contribution >= 4 is 37.9 Å². The molecule has 204 valence electrons. The molecule has 0 atom stereocenters. The number of nitrogens with one attached hydrogen (secondary N) is 1. The van der Waals surface area contributed by atoms with E-state index in [1.54, 1.807) is 33.9 Å². The van der Waals surface area contributed by atoms with Crippen LogP contribution in [0.4, 0.5) is 9.18 Å². The van der Waals surface area contributed by atoms with Gasteiger partial charge in [0.15, 0.2) is 0 Å². The zero-order valence-electron chi connectivity index (χ0n) is 22.2. The zero-order valence-corrected chi connectivity index (χ0v) is 23.1. The number of hydrogen-bond donors (Lipinski definition) is 1. The molecular formula is C27H33FN4O5S. The van der Waals surface area contributed by atoms with Crippen LogP contribution in [0, 0.1) is 5.82 Å². The van der Waals surface area contributed by atoms with E-state index in [1.165, 1.54) is 27.5 Å². The predicted octanol–water partition coefficient (Wildman–Crippen LogP) is 3.94. The molecule has 0 saturated carbocycles. The molecule has 2 aromatic carbocycles. The van der Waals surface area contributed by atoms with E-state index < -0.39 is 27.3 Å². The number of sulfone groups is 1. The molecule has 0 aliphatic rings. The maximum atomic E-state index is 14.1. The van der Waals surface area contributed by atoms with Crippen molar-refractivity contribution in [3.8, 4) is 0 Å². The van der Waals surface area contributed by atoms with E-state index in [-0.39, 0.29) is 24.5 Å². The summed E-state index contributed by atoms with van der Waals surface area (Å²) >= 11 is 0. The molecule has 0 bridgehead atoms. The van der Waals surface area contributed by atoms with Gasteiger partial charge >= 0.3 is 11.8 Å². The summed E-state index contributed by atoms with van der Waals surface area (Å²) in [6.45, 7) is 6.25. The highest BCUT2D eigenvalue weighted by molar-refractivity contribution is 7.90. The van der Waals surface area contributed by atoms with Crippen LogP contribution in [0.5, 0.6) is 0 Å². The molecule has 0 fully saturated rings. The number of benzene rings is 2. The van der Waals surface area contributed by atoms with Crippen LogP contribution in [0.3, 0.4) is 0 Å². The summed E-state index contributed by atoms with van der Waals surface area (Å²) in [6, 6.07) is 11.9. The van der Waals surface area contributed by atoms with Gasteiger partial charge in [0.1, 0.15) is 21.3 Å². The highest BCUT2D eigenvalue weighted by Gasteiger charge is 2.18. The van der Waals surface area contributed by atoms with Crippen LogP contribution in [0.15, 0.2) is 47.3 Å². The number of carbonyl (C=O) groups is 1. The standard InChI is InChI=1S/C27H33FN4O5S/c1-27(2,3)37-25(33)29-16-18-7-9-22-19(13-18)14-21(31(22)11-6-12-38(5,35)36)17-32-24-15-20(28)8-10-23(24)30(4)26(32)34/h7-10,13-15H,6,11-12,16-17H2,1-5H3,(H,29,33). The number of carbonyl (C=O) groups excluding carboxylic acids is 1.